The smallest absolute Gasteiger partial charge is 0.277 e. The Morgan fingerprint density at radius 1 is 1.12 bits per heavy atom. The molecule has 3 heterocycles. The summed E-state index contributed by atoms with van der Waals surface area (Å²) in [6, 6.07) is 4.74. The summed E-state index contributed by atoms with van der Waals surface area (Å²) in [5, 5.41) is 4.46. The van der Waals surface area contributed by atoms with Crippen molar-refractivity contribution in [3.05, 3.63) is 34.2 Å². The largest absolute Gasteiger partial charge is 0.493 e. The van der Waals surface area contributed by atoms with E-state index in [4.69, 9.17) is 9.72 Å². The fourth-order valence-corrected chi connectivity index (χ4v) is 5.80. The first-order valence-electron chi connectivity index (χ1n) is 11.8. The molecule has 0 amide bonds. The summed E-state index contributed by atoms with van der Waals surface area (Å²) in [5.74, 6) is 0.722. The number of hydrogen-bond acceptors (Lipinski definition) is 7. The van der Waals surface area contributed by atoms with Gasteiger partial charge >= 0.3 is 0 Å². The topological polar surface area (TPSA) is 113 Å². The fourth-order valence-electron chi connectivity index (χ4n) is 4.35. The number of nitrogens with zero attached hydrogens (tertiary/aromatic N) is 5. The van der Waals surface area contributed by atoms with Gasteiger partial charge in [-0.05, 0) is 38.1 Å². The second-order valence-corrected chi connectivity index (χ2v) is 10.3. The molecule has 1 aromatic carbocycles. The van der Waals surface area contributed by atoms with Gasteiger partial charge in [-0.2, -0.15) is 9.40 Å². The third kappa shape index (κ3) is 4.47. The first kappa shape index (κ1) is 24.4. The summed E-state index contributed by atoms with van der Waals surface area (Å²) < 4.78 is 35.7. The molecular formula is C23H32N6O4S. The van der Waals surface area contributed by atoms with Gasteiger partial charge in [0.2, 0.25) is 10.0 Å². The molecule has 10 nitrogen and oxygen atoms in total. The number of fused-ring (bicyclic) bond motifs is 1. The first-order valence-corrected chi connectivity index (χ1v) is 13.2. The van der Waals surface area contributed by atoms with Gasteiger partial charge < -0.3 is 14.6 Å². The number of nitrogens with one attached hydrogen (secondary N) is 1. The Morgan fingerprint density at radius 2 is 1.85 bits per heavy atom. The highest BCUT2D eigenvalue weighted by Gasteiger charge is 2.29. The zero-order valence-electron chi connectivity index (χ0n) is 20.2. The van der Waals surface area contributed by atoms with Crippen molar-refractivity contribution >= 4 is 21.1 Å². The van der Waals surface area contributed by atoms with E-state index in [1.807, 2.05) is 13.8 Å². The van der Waals surface area contributed by atoms with Crippen LogP contribution in [0.5, 0.6) is 5.75 Å². The van der Waals surface area contributed by atoms with Crippen molar-refractivity contribution in [1.29, 1.82) is 0 Å². The monoisotopic (exact) mass is 488 g/mol. The van der Waals surface area contributed by atoms with Gasteiger partial charge in [0.25, 0.3) is 5.56 Å². The van der Waals surface area contributed by atoms with E-state index in [0.717, 1.165) is 18.7 Å². The Labute approximate surface area is 199 Å². The van der Waals surface area contributed by atoms with E-state index in [-0.39, 0.29) is 16.3 Å². The van der Waals surface area contributed by atoms with Crippen LogP contribution in [0.1, 0.15) is 32.9 Å². The van der Waals surface area contributed by atoms with Gasteiger partial charge in [-0.3, -0.25) is 9.48 Å². The van der Waals surface area contributed by atoms with E-state index in [0.29, 0.717) is 61.6 Å². The Bertz CT molecular complexity index is 1340. The summed E-state index contributed by atoms with van der Waals surface area (Å²) in [6.45, 7) is 9.53. The maximum absolute atomic E-state index is 13.4. The number of piperazine rings is 1. The molecule has 1 saturated heterocycles. The van der Waals surface area contributed by atoms with Crippen molar-refractivity contribution in [2.45, 2.75) is 38.5 Å². The molecule has 0 atom stereocenters. The van der Waals surface area contributed by atoms with Gasteiger partial charge in [0, 0.05) is 33.2 Å². The third-order valence-electron chi connectivity index (χ3n) is 6.17. The lowest BCUT2D eigenvalue weighted by atomic mass is 10.1. The number of rotatable bonds is 8. The van der Waals surface area contributed by atoms with Crippen LogP contribution in [-0.4, -0.2) is 76.7 Å². The highest BCUT2D eigenvalue weighted by atomic mass is 32.2. The molecule has 0 radical (unpaired) electrons. The molecule has 0 aliphatic carbocycles. The molecule has 0 spiro atoms. The number of benzene rings is 1. The quantitative estimate of drug-likeness (QED) is 0.516. The molecule has 0 saturated carbocycles. The molecule has 0 unspecified atom stereocenters. The van der Waals surface area contributed by atoms with Crippen LogP contribution in [0.3, 0.4) is 0 Å². The van der Waals surface area contributed by atoms with Gasteiger partial charge in [0.05, 0.1) is 22.8 Å². The first-order chi connectivity index (χ1) is 16.3. The van der Waals surface area contributed by atoms with Crippen molar-refractivity contribution < 1.29 is 13.2 Å². The predicted octanol–water partition coefficient (Wildman–Crippen LogP) is 2.00. The Kier molecular flexibility index (Phi) is 7.06. The minimum absolute atomic E-state index is 0.151. The second-order valence-electron chi connectivity index (χ2n) is 8.36. The van der Waals surface area contributed by atoms with Crippen molar-refractivity contribution in [2.75, 3.05) is 39.3 Å². The Balaban J connectivity index is 1.82. The SMILES string of the molecule is CCCc1nn(C)c2c(=O)[nH]c(-c3cc(S(=O)(=O)N4CCN(CC)CC4)ccc3OCC)nc12. The van der Waals surface area contributed by atoms with E-state index in [2.05, 4.69) is 21.9 Å². The summed E-state index contributed by atoms with van der Waals surface area (Å²) in [5.41, 5.74) is 1.75. The maximum Gasteiger partial charge on any atom is 0.277 e. The molecule has 1 fully saturated rings. The van der Waals surface area contributed by atoms with E-state index in [9.17, 15) is 13.2 Å². The fraction of sp³-hybridized carbons (Fsp3) is 0.522. The van der Waals surface area contributed by atoms with Gasteiger partial charge in [0.1, 0.15) is 17.1 Å². The molecule has 184 valence electrons. The lowest BCUT2D eigenvalue weighted by Crippen LogP contribution is -2.48. The second kappa shape index (κ2) is 9.85. The van der Waals surface area contributed by atoms with Crippen molar-refractivity contribution in [3.63, 3.8) is 0 Å². The summed E-state index contributed by atoms with van der Waals surface area (Å²) in [6.07, 6.45) is 1.54. The number of H-pyrrole nitrogens is 1. The molecule has 4 rings (SSSR count). The lowest BCUT2D eigenvalue weighted by Gasteiger charge is -2.33. The minimum atomic E-state index is -3.71. The average molecular weight is 489 g/mol. The van der Waals surface area contributed by atoms with Crippen LogP contribution in [0.2, 0.25) is 0 Å². The molecule has 0 bridgehead atoms. The Hall–Kier alpha value is -2.76. The van der Waals surface area contributed by atoms with Gasteiger partial charge in [-0.25, -0.2) is 13.4 Å². The van der Waals surface area contributed by atoms with Crippen LogP contribution in [0.4, 0.5) is 0 Å². The molecule has 1 N–H and O–H groups in total. The Morgan fingerprint density at radius 3 is 2.50 bits per heavy atom. The van der Waals surface area contributed by atoms with Crippen LogP contribution < -0.4 is 10.3 Å². The van der Waals surface area contributed by atoms with Crippen LogP contribution in [-0.2, 0) is 23.5 Å². The van der Waals surface area contributed by atoms with Crippen molar-refractivity contribution in [1.82, 2.24) is 29.0 Å². The molecule has 11 heteroatoms. The van der Waals surface area contributed by atoms with Crippen LogP contribution in [0.15, 0.2) is 27.9 Å². The molecule has 2 aromatic heterocycles. The number of hydrogen-bond donors (Lipinski definition) is 1. The summed E-state index contributed by atoms with van der Waals surface area (Å²) in [7, 11) is -1.99. The number of aromatic nitrogens is 4. The predicted molar refractivity (Wildman–Crippen MR) is 131 cm³/mol. The average Bonchev–Trinajstić information content (AvgIpc) is 3.15. The van der Waals surface area contributed by atoms with Gasteiger partial charge in [-0.1, -0.05) is 20.3 Å². The zero-order chi connectivity index (χ0) is 24.5. The molecule has 1 aliphatic rings. The van der Waals surface area contributed by atoms with Gasteiger partial charge in [-0.15, -0.1) is 0 Å². The summed E-state index contributed by atoms with van der Waals surface area (Å²) in [4.78, 5) is 22.8. The molecule has 1 aliphatic heterocycles. The van der Waals surface area contributed by atoms with Crippen molar-refractivity contribution in [3.8, 4) is 17.1 Å². The normalized spacial score (nSPS) is 15.8. The van der Waals surface area contributed by atoms with Crippen LogP contribution >= 0.6 is 0 Å². The third-order valence-corrected chi connectivity index (χ3v) is 8.07. The number of sulfonamides is 1. The number of likely N-dealkylation sites (N-methyl/N-ethyl adjacent to an activating group) is 1. The maximum atomic E-state index is 13.4. The van der Waals surface area contributed by atoms with E-state index >= 15 is 0 Å². The van der Waals surface area contributed by atoms with E-state index in [1.54, 1.807) is 25.2 Å². The highest BCUT2D eigenvalue weighted by Crippen LogP contribution is 2.32. The van der Waals surface area contributed by atoms with Gasteiger partial charge in [0.15, 0.2) is 5.52 Å². The highest BCUT2D eigenvalue weighted by molar-refractivity contribution is 7.89. The van der Waals surface area contributed by atoms with Crippen LogP contribution in [0, 0.1) is 0 Å². The van der Waals surface area contributed by atoms with Crippen molar-refractivity contribution in [2.24, 2.45) is 7.05 Å². The number of aryl methyl sites for hydroxylation is 2. The minimum Gasteiger partial charge on any atom is -0.493 e. The standard InChI is InChI=1S/C23H32N6O4S/c1-5-8-18-20-21(27(4)26-18)23(30)25-22(24-20)17-15-16(9-10-19(17)33-7-3)34(31,32)29-13-11-28(6-2)12-14-29/h9-10,15H,5-8,11-14H2,1-4H3,(H,24,25,30). The number of ether oxygens (including phenoxy) is 1. The summed E-state index contributed by atoms with van der Waals surface area (Å²) >= 11 is 0. The van der Waals surface area contributed by atoms with E-state index < -0.39 is 10.0 Å². The molecular weight excluding hydrogens is 456 g/mol. The zero-order valence-corrected chi connectivity index (χ0v) is 21.0. The molecule has 3 aromatic rings. The molecule has 34 heavy (non-hydrogen) atoms. The van der Waals surface area contributed by atoms with Crippen LogP contribution in [0.25, 0.3) is 22.4 Å². The van der Waals surface area contributed by atoms with E-state index in [1.165, 1.54) is 8.99 Å². The lowest BCUT2D eigenvalue weighted by molar-refractivity contribution is 0.196. The number of aromatic amines is 1.